The van der Waals surface area contributed by atoms with Crippen molar-refractivity contribution in [2.75, 3.05) is 59.6 Å². The molecule has 1 saturated heterocycles. The van der Waals surface area contributed by atoms with Gasteiger partial charge < -0.3 is 28.7 Å². The van der Waals surface area contributed by atoms with Gasteiger partial charge in [-0.3, -0.25) is 19.5 Å². The summed E-state index contributed by atoms with van der Waals surface area (Å²) in [6, 6.07) is 17.3. The molecular weight excluding hydrogens is 584 g/mol. The third-order valence-corrected chi connectivity index (χ3v) is 8.82. The van der Waals surface area contributed by atoms with E-state index in [0.717, 1.165) is 46.4 Å². The number of aryl methyl sites for hydroxylation is 1. The lowest BCUT2D eigenvalue weighted by Crippen LogP contribution is -2.44. The third-order valence-electron chi connectivity index (χ3n) is 8.82. The second-order valence-corrected chi connectivity index (χ2v) is 13.3. The summed E-state index contributed by atoms with van der Waals surface area (Å²) in [4.78, 5) is 35.7. The number of aliphatic carboxylic acids is 1. The molecule has 0 saturated carbocycles. The Balaban J connectivity index is 1.47. The van der Waals surface area contributed by atoms with Gasteiger partial charge in [-0.1, -0.05) is 31.5 Å². The predicted octanol–water partition coefficient (Wildman–Crippen LogP) is 4.96. The van der Waals surface area contributed by atoms with Gasteiger partial charge in [0.15, 0.2) is 11.5 Å². The molecule has 0 unspecified atom stereocenters. The van der Waals surface area contributed by atoms with Crippen LogP contribution in [0.15, 0.2) is 60.8 Å². The van der Waals surface area contributed by atoms with Gasteiger partial charge in [-0.05, 0) is 61.2 Å². The number of unbranched alkanes of at least 4 members (excludes halogenated alkanes) is 1. The van der Waals surface area contributed by atoms with Crippen molar-refractivity contribution >= 4 is 17.6 Å². The zero-order valence-corrected chi connectivity index (χ0v) is 27.6. The number of hydrogen-bond acceptors (Lipinski definition) is 7. The minimum atomic E-state index is -0.890. The fraction of sp³-hybridized carbons (Fsp3) is 0.472. The van der Waals surface area contributed by atoms with Crippen LogP contribution in [0.3, 0.4) is 0 Å². The Bertz CT molecular complexity index is 1510. The summed E-state index contributed by atoms with van der Waals surface area (Å²) in [6.45, 7) is 4.15. The van der Waals surface area contributed by atoms with Gasteiger partial charge in [0.05, 0.1) is 40.7 Å². The van der Waals surface area contributed by atoms with Crippen molar-refractivity contribution in [3.8, 4) is 17.2 Å². The molecule has 3 aromatic rings. The first-order chi connectivity index (χ1) is 22.1. The Morgan fingerprint density at radius 3 is 2.63 bits per heavy atom. The second kappa shape index (κ2) is 14.5. The number of benzene rings is 2. The average Bonchev–Trinajstić information content (AvgIpc) is 3.64. The molecule has 3 heterocycles. The number of rotatable bonds is 14. The first-order valence-electron chi connectivity index (χ1n) is 16.1. The van der Waals surface area contributed by atoms with Crippen molar-refractivity contribution in [1.82, 2.24) is 9.88 Å². The number of aromatic nitrogens is 1. The molecule has 246 valence electrons. The monoisotopic (exact) mass is 631 g/mol. The molecule has 2 aliphatic rings. The molecule has 2 aliphatic heterocycles. The predicted molar refractivity (Wildman–Crippen MR) is 176 cm³/mol. The molecule has 1 fully saturated rings. The smallest absolute Gasteiger partial charge is 0.308 e. The van der Waals surface area contributed by atoms with E-state index in [1.54, 1.807) is 13.3 Å². The van der Waals surface area contributed by atoms with E-state index in [2.05, 4.69) is 50.1 Å². The van der Waals surface area contributed by atoms with Crippen molar-refractivity contribution in [2.24, 2.45) is 5.92 Å². The number of pyridine rings is 1. The SMILES string of the molecule is CCCCN(C(=O)CN1C[C@H](c2cc(OC)c3c(c2)OCO3)[C@@H](C(=O)O)[C@@H]1CCc1ccccn1)c1cccc(C[N+](C)(C)C)c1. The van der Waals surface area contributed by atoms with Gasteiger partial charge >= 0.3 is 5.97 Å². The van der Waals surface area contributed by atoms with Crippen molar-refractivity contribution in [3.05, 3.63) is 77.6 Å². The fourth-order valence-electron chi connectivity index (χ4n) is 6.74. The lowest BCUT2D eigenvalue weighted by molar-refractivity contribution is -0.884. The van der Waals surface area contributed by atoms with Gasteiger partial charge in [0.2, 0.25) is 18.4 Å². The highest BCUT2D eigenvalue weighted by atomic mass is 16.7. The molecule has 1 aromatic heterocycles. The number of likely N-dealkylation sites (tertiary alicyclic amines) is 1. The summed E-state index contributed by atoms with van der Waals surface area (Å²) in [5.41, 5.74) is 3.73. The third kappa shape index (κ3) is 7.79. The number of ether oxygens (including phenoxy) is 3. The Morgan fingerprint density at radius 2 is 1.93 bits per heavy atom. The van der Waals surface area contributed by atoms with E-state index >= 15 is 0 Å². The van der Waals surface area contributed by atoms with E-state index < -0.39 is 11.9 Å². The van der Waals surface area contributed by atoms with Crippen LogP contribution in [-0.2, 0) is 22.6 Å². The number of amides is 1. The number of quaternary nitrogens is 1. The summed E-state index contributed by atoms with van der Waals surface area (Å²) in [5.74, 6) is -0.497. The molecule has 0 aliphatic carbocycles. The first-order valence-corrected chi connectivity index (χ1v) is 16.1. The van der Waals surface area contributed by atoms with E-state index in [9.17, 15) is 14.7 Å². The maximum Gasteiger partial charge on any atom is 0.308 e. The van der Waals surface area contributed by atoms with Crippen LogP contribution >= 0.6 is 0 Å². The Hall–Kier alpha value is -4.15. The van der Waals surface area contributed by atoms with E-state index in [4.69, 9.17) is 14.2 Å². The molecule has 46 heavy (non-hydrogen) atoms. The van der Waals surface area contributed by atoms with Gasteiger partial charge in [-0.2, -0.15) is 0 Å². The average molecular weight is 632 g/mol. The molecule has 0 bridgehead atoms. The molecule has 1 N–H and O–H groups in total. The maximum atomic E-state index is 14.3. The van der Waals surface area contributed by atoms with E-state index in [0.29, 0.717) is 43.2 Å². The maximum absolute atomic E-state index is 14.3. The number of hydrogen-bond donors (Lipinski definition) is 1. The van der Waals surface area contributed by atoms with Crippen LogP contribution in [0, 0.1) is 5.92 Å². The standard InChI is InChI=1S/C36H46N4O6/c1-6-7-17-39(28-13-10-11-25(18-28)23-40(2,3)4)33(41)22-38-21-29(26-19-31(44-5)35-32(20-26)45-24-46-35)34(36(42)43)30(38)15-14-27-12-8-9-16-37-27/h8-13,16,18-20,29-30,34H,6-7,14-15,17,21-24H2,1-5H3/p+1/t29-,30+,34-/m1/s1. The van der Waals surface area contributed by atoms with Crippen LogP contribution in [0.2, 0.25) is 0 Å². The van der Waals surface area contributed by atoms with Crippen LogP contribution in [0.25, 0.3) is 0 Å². The van der Waals surface area contributed by atoms with Crippen molar-refractivity contribution in [3.63, 3.8) is 0 Å². The Kier molecular flexibility index (Phi) is 10.5. The van der Waals surface area contributed by atoms with Crippen molar-refractivity contribution < 1.29 is 33.4 Å². The quantitative estimate of drug-likeness (QED) is 0.249. The highest BCUT2D eigenvalue weighted by Gasteiger charge is 2.47. The number of methoxy groups -OCH3 is 1. The topological polar surface area (TPSA) is 101 Å². The summed E-state index contributed by atoms with van der Waals surface area (Å²) < 4.78 is 17.7. The van der Waals surface area contributed by atoms with Crippen LogP contribution in [0.4, 0.5) is 5.69 Å². The number of fused-ring (bicyclic) bond motifs is 1. The van der Waals surface area contributed by atoms with Gasteiger partial charge in [-0.15, -0.1) is 0 Å². The van der Waals surface area contributed by atoms with E-state index in [1.807, 2.05) is 47.4 Å². The zero-order chi connectivity index (χ0) is 32.8. The van der Waals surface area contributed by atoms with Gasteiger partial charge in [-0.25, -0.2) is 0 Å². The number of carboxylic acid groups (broad SMARTS) is 1. The Morgan fingerprint density at radius 1 is 1.11 bits per heavy atom. The minimum Gasteiger partial charge on any atom is -0.493 e. The Labute approximate surface area is 272 Å². The summed E-state index contributed by atoms with van der Waals surface area (Å²) in [6.07, 6.45) is 4.72. The first kappa shape index (κ1) is 33.2. The molecule has 2 aromatic carbocycles. The lowest BCUT2D eigenvalue weighted by atomic mass is 9.83. The second-order valence-electron chi connectivity index (χ2n) is 13.3. The highest BCUT2D eigenvalue weighted by Crippen LogP contribution is 2.47. The molecule has 0 radical (unpaired) electrons. The van der Waals surface area contributed by atoms with E-state index in [-0.39, 0.29) is 31.2 Å². The molecule has 0 spiro atoms. The van der Waals surface area contributed by atoms with Crippen LogP contribution in [0.1, 0.15) is 48.9 Å². The summed E-state index contributed by atoms with van der Waals surface area (Å²) in [5, 5.41) is 10.7. The molecular formula is C36H47N4O6+. The number of carbonyl (C=O) groups is 2. The van der Waals surface area contributed by atoms with Crippen molar-refractivity contribution in [2.45, 2.75) is 51.1 Å². The number of carbonyl (C=O) groups excluding carboxylic acids is 1. The largest absolute Gasteiger partial charge is 0.493 e. The molecule has 1 amide bonds. The van der Waals surface area contributed by atoms with E-state index in [1.165, 1.54) is 0 Å². The molecule has 10 heteroatoms. The summed E-state index contributed by atoms with van der Waals surface area (Å²) in [7, 11) is 8.01. The van der Waals surface area contributed by atoms with Gasteiger partial charge in [0, 0.05) is 48.2 Å². The highest BCUT2D eigenvalue weighted by molar-refractivity contribution is 5.95. The van der Waals surface area contributed by atoms with Crippen LogP contribution < -0.4 is 19.1 Å². The van der Waals surface area contributed by atoms with Gasteiger partial charge in [0.1, 0.15) is 6.54 Å². The van der Waals surface area contributed by atoms with Gasteiger partial charge in [0.25, 0.3) is 0 Å². The number of anilines is 1. The van der Waals surface area contributed by atoms with Crippen molar-refractivity contribution in [1.29, 1.82) is 0 Å². The summed E-state index contributed by atoms with van der Waals surface area (Å²) >= 11 is 0. The molecule has 5 rings (SSSR count). The van der Waals surface area contributed by atoms with Crippen LogP contribution in [0.5, 0.6) is 17.2 Å². The molecule has 10 nitrogen and oxygen atoms in total. The number of carboxylic acids is 1. The van der Waals surface area contributed by atoms with Crippen LogP contribution in [-0.4, -0.2) is 92.1 Å². The lowest BCUT2D eigenvalue weighted by Gasteiger charge is -2.30. The number of nitrogens with zero attached hydrogens (tertiary/aromatic N) is 4. The normalized spacial score (nSPS) is 19.3. The minimum absolute atomic E-state index is 0.0354. The fourth-order valence-corrected chi connectivity index (χ4v) is 6.74. The molecule has 3 atom stereocenters. The zero-order valence-electron chi connectivity index (χ0n) is 27.6.